The molecule has 0 radical (unpaired) electrons. The lowest BCUT2D eigenvalue weighted by molar-refractivity contribution is -1.02. The SMILES string of the molecule is CC(=O)c1cccc(NC(=O)[C@@H](C)[NH+]2CC[NH+](C/C=C/c3ccccc3)CC2)c1. The highest BCUT2D eigenvalue weighted by atomic mass is 16.2. The maximum atomic E-state index is 12.7. The van der Waals surface area contributed by atoms with Gasteiger partial charge in [-0.1, -0.05) is 48.5 Å². The molecule has 5 heteroatoms. The van der Waals surface area contributed by atoms with Crippen molar-refractivity contribution in [2.75, 3.05) is 38.0 Å². The summed E-state index contributed by atoms with van der Waals surface area (Å²) in [7, 11) is 0. The van der Waals surface area contributed by atoms with Crippen LogP contribution in [0.5, 0.6) is 0 Å². The Kier molecular flexibility index (Phi) is 7.33. The minimum atomic E-state index is -0.114. The maximum Gasteiger partial charge on any atom is 0.282 e. The zero-order valence-corrected chi connectivity index (χ0v) is 17.3. The normalized spacial score (nSPS) is 20.3. The fourth-order valence-electron chi connectivity index (χ4n) is 3.74. The van der Waals surface area contributed by atoms with Gasteiger partial charge in [0.05, 0.1) is 6.54 Å². The molecule has 1 aliphatic heterocycles. The highest BCUT2D eigenvalue weighted by Gasteiger charge is 2.30. The van der Waals surface area contributed by atoms with Gasteiger partial charge in [-0.15, -0.1) is 0 Å². The first-order valence-electron chi connectivity index (χ1n) is 10.3. The van der Waals surface area contributed by atoms with Crippen molar-refractivity contribution >= 4 is 23.5 Å². The van der Waals surface area contributed by atoms with Gasteiger partial charge in [-0.2, -0.15) is 0 Å². The van der Waals surface area contributed by atoms with Crippen LogP contribution >= 0.6 is 0 Å². The number of hydrogen-bond donors (Lipinski definition) is 3. The van der Waals surface area contributed by atoms with Gasteiger partial charge in [0.25, 0.3) is 5.91 Å². The monoisotopic (exact) mass is 393 g/mol. The molecule has 0 bridgehead atoms. The predicted octanol–water partition coefficient (Wildman–Crippen LogP) is 0.713. The van der Waals surface area contributed by atoms with Crippen LogP contribution in [0.1, 0.15) is 29.8 Å². The highest BCUT2D eigenvalue weighted by Crippen LogP contribution is 2.11. The van der Waals surface area contributed by atoms with Gasteiger partial charge in [-0.25, -0.2) is 0 Å². The van der Waals surface area contributed by atoms with E-state index in [1.807, 2.05) is 19.1 Å². The van der Waals surface area contributed by atoms with E-state index in [0.29, 0.717) is 11.3 Å². The summed E-state index contributed by atoms with van der Waals surface area (Å²) in [6, 6.07) is 17.4. The molecule has 2 aromatic rings. The minimum Gasteiger partial charge on any atom is -0.322 e. The van der Waals surface area contributed by atoms with Crippen LogP contribution in [0.15, 0.2) is 60.7 Å². The third-order valence-corrected chi connectivity index (χ3v) is 5.66. The van der Waals surface area contributed by atoms with Crippen molar-refractivity contribution in [2.45, 2.75) is 19.9 Å². The number of quaternary nitrogens is 2. The molecule has 0 aromatic heterocycles. The number of piperazine rings is 1. The van der Waals surface area contributed by atoms with Gasteiger partial charge in [0, 0.05) is 11.3 Å². The summed E-state index contributed by atoms with van der Waals surface area (Å²) in [5.41, 5.74) is 2.53. The molecule has 3 rings (SSSR count). The van der Waals surface area contributed by atoms with Gasteiger partial charge in [-0.3, -0.25) is 9.59 Å². The second-order valence-corrected chi connectivity index (χ2v) is 7.77. The molecule has 5 nitrogen and oxygen atoms in total. The second kappa shape index (κ2) is 10.1. The zero-order chi connectivity index (χ0) is 20.6. The third-order valence-electron chi connectivity index (χ3n) is 5.66. The van der Waals surface area contributed by atoms with E-state index >= 15 is 0 Å². The molecule has 1 amide bonds. The molecule has 152 valence electrons. The van der Waals surface area contributed by atoms with Gasteiger partial charge in [0.15, 0.2) is 11.8 Å². The van der Waals surface area contributed by atoms with Crippen LogP contribution in [0.2, 0.25) is 0 Å². The molecule has 0 aliphatic carbocycles. The summed E-state index contributed by atoms with van der Waals surface area (Å²) in [6.45, 7) is 8.62. The molecule has 1 saturated heterocycles. The van der Waals surface area contributed by atoms with E-state index in [1.54, 1.807) is 23.1 Å². The Balaban J connectivity index is 1.46. The fourth-order valence-corrected chi connectivity index (χ4v) is 3.74. The Hall–Kier alpha value is -2.76. The third kappa shape index (κ3) is 6.11. The van der Waals surface area contributed by atoms with Crippen LogP contribution < -0.4 is 15.1 Å². The number of carbonyl (C=O) groups excluding carboxylic acids is 2. The standard InChI is InChI=1S/C24H29N3O2/c1-19(24(29)25-23-12-6-11-22(18-23)20(2)28)27-16-14-26(15-17-27)13-7-10-21-8-4-3-5-9-21/h3-12,18-19H,13-17H2,1-2H3,(H,25,29)/p+2/b10-7+/t19-/m1/s1. The van der Waals surface area contributed by atoms with E-state index in [0.717, 1.165) is 32.7 Å². The lowest BCUT2D eigenvalue weighted by atomic mass is 10.1. The quantitative estimate of drug-likeness (QED) is 0.607. The smallest absolute Gasteiger partial charge is 0.282 e. The molecule has 0 unspecified atom stereocenters. The Bertz CT molecular complexity index is 855. The number of amides is 1. The minimum absolute atomic E-state index is 0.000170. The summed E-state index contributed by atoms with van der Waals surface area (Å²) in [6.07, 6.45) is 4.42. The van der Waals surface area contributed by atoms with Gasteiger partial charge in [-0.05, 0) is 37.6 Å². The second-order valence-electron chi connectivity index (χ2n) is 7.77. The molecule has 1 heterocycles. The molecule has 1 atom stereocenters. The molecule has 1 aliphatic rings. The zero-order valence-electron chi connectivity index (χ0n) is 17.3. The van der Waals surface area contributed by atoms with Crippen molar-refractivity contribution in [1.82, 2.24) is 0 Å². The van der Waals surface area contributed by atoms with Gasteiger partial charge >= 0.3 is 0 Å². The lowest BCUT2D eigenvalue weighted by Gasteiger charge is -2.32. The van der Waals surface area contributed by atoms with E-state index in [-0.39, 0.29) is 17.7 Å². The van der Waals surface area contributed by atoms with Crippen molar-refractivity contribution in [3.63, 3.8) is 0 Å². The first-order chi connectivity index (χ1) is 14.0. The van der Waals surface area contributed by atoms with E-state index in [4.69, 9.17) is 0 Å². The van der Waals surface area contributed by atoms with Crippen molar-refractivity contribution in [1.29, 1.82) is 0 Å². The fraction of sp³-hybridized carbons (Fsp3) is 0.333. The van der Waals surface area contributed by atoms with Gasteiger partial charge < -0.3 is 15.1 Å². The molecular weight excluding hydrogens is 362 g/mol. The van der Waals surface area contributed by atoms with Gasteiger partial charge in [0.2, 0.25) is 0 Å². The van der Waals surface area contributed by atoms with E-state index in [2.05, 4.69) is 41.7 Å². The van der Waals surface area contributed by atoms with Gasteiger partial charge in [0.1, 0.15) is 26.2 Å². The molecule has 2 aromatic carbocycles. The van der Waals surface area contributed by atoms with Crippen LogP contribution in [0.25, 0.3) is 6.08 Å². The molecule has 0 spiro atoms. The average Bonchev–Trinajstić information content (AvgIpc) is 2.74. The Morgan fingerprint density at radius 2 is 1.76 bits per heavy atom. The Labute approximate surface area is 173 Å². The number of Topliss-reactive ketones (excluding diaryl/α,β-unsaturated/α-hetero) is 1. The molecule has 3 N–H and O–H groups in total. The first-order valence-corrected chi connectivity index (χ1v) is 10.3. The lowest BCUT2D eigenvalue weighted by Crippen LogP contribution is -3.29. The summed E-state index contributed by atoms with van der Waals surface area (Å²) in [5.74, 6) is 0.00769. The number of rotatable bonds is 7. The van der Waals surface area contributed by atoms with Crippen LogP contribution in [0.3, 0.4) is 0 Å². The van der Waals surface area contributed by atoms with Crippen molar-refractivity contribution in [3.8, 4) is 0 Å². The number of hydrogen-bond acceptors (Lipinski definition) is 2. The summed E-state index contributed by atoms with van der Waals surface area (Å²) >= 11 is 0. The topological polar surface area (TPSA) is 55.0 Å². The van der Waals surface area contributed by atoms with Crippen molar-refractivity contribution < 1.29 is 19.4 Å². The number of anilines is 1. The number of carbonyl (C=O) groups is 2. The Morgan fingerprint density at radius 1 is 1.03 bits per heavy atom. The first kappa shape index (κ1) is 21.0. The molecule has 0 saturated carbocycles. The van der Waals surface area contributed by atoms with Crippen LogP contribution in [0, 0.1) is 0 Å². The van der Waals surface area contributed by atoms with E-state index < -0.39 is 0 Å². The van der Waals surface area contributed by atoms with Crippen LogP contribution in [-0.2, 0) is 4.79 Å². The number of benzene rings is 2. The molecular formula is C24H31N3O2+2. The highest BCUT2D eigenvalue weighted by molar-refractivity contribution is 5.97. The Morgan fingerprint density at radius 3 is 2.45 bits per heavy atom. The maximum absolute atomic E-state index is 12.7. The van der Waals surface area contributed by atoms with Crippen molar-refractivity contribution in [3.05, 3.63) is 71.8 Å². The summed E-state index contributed by atoms with van der Waals surface area (Å²) < 4.78 is 0. The predicted molar refractivity (Wildman–Crippen MR) is 116 cm³/mol. The van der Waals surface area contributed by atoms with E-state index in [1.165, 1.54) is 17.4 Å². The number of nitrogens with one attached hydrogen (secondary N) is 3. The average molecular weight is 394 g/mol. The van der Waals surface area contributed by atoms with E-state index in [9.17, 15) is 9.59 Å². The van der Waals surface area contributed by atoms with Crippen molar-refractivity contribution in [2.24, 2.45) is 0 Å². The largest absolute Gasteiger partial charge is 0.322 e. The molecule has 29 heavy (non-hydrogen) atoms. The summed E-state index contributed by atoms with van der Waals surface area (Å²) in [4.78, 5) is 27.1. The summed E-state index contributed by atoms with van der Waals surface area (Å²) in [5, 5.41) is 2.97. The van der Waals surface area contributed by atoms with Crippen LogP contribution in [0.4, 0.5) is 5.69 Å². The molecule has 1 fully saturated rings. The van der Waals surface area contributed by atoms with Crippen LogP contribution in [-0.4, -0.2) is 50.5 Å². The number of ketones is 1.